The van der Waals surface area contributed by atoms with E-state index in [-0.39, 0.29) is 28.6 Å². The van der Waals surface area contributed by atoms with E-state index in [1.165, 1.54) is 10.8 Å². The van der Waals surface area contributed by atoms with Crippen LogP contribution in [-0.4, -0.2) is 43.9 Å². The van der Waals surface area contributed by atoms with Gasteiger partial charge in [-0.15, -0.1) is 0 Å². The molecule has 0 aliphatic carbocycles. The number of carbonyl (C=O) groups excluding carboxylic acids is 1. The smallest absolute Gasteiger partial charge is 0.311 e. The first-order valence-electron chi connectivity index (χ1n) is 9.40. The number of aromatic nitrogens is 3. The minimum atomic E-state index is -0.725. The number of ether oxygens (including phenoxy) is 2. The zero-order valence-corrected chi connectivity index (χ0v) is 17.2. The Morgan fingerprint density at radius 1 is 1.50 bits per heavy atom. The summed E-state index contributed by atoms with van der Waals surface area (Å²) in [5.41, 5.74) is 6.09. The third kappa shape index (κ3) is 3.89. The molecule has 1 aliphatic rings. The predicted octanol–water partition coefficient (Wildman–Crippen LogP) is 1.70. The van der Waals surface area contributed by atoms with Crippen LogP contribution in [0.25, 0.3) is 10.3 Å². The van der Waals surface area contributed by atoms with E-state index in [1.807, 2.05) is 6.92 Å². The van der Waals surface area contributed by atoms with Gasteiger partial charge in [-0.25, -0.2) is 4.98 Å². The van der Waals surface area contributed by atoms with Crippen molar-refractivity contribution in [1.29, 1.82) is 0 Å². The Balaban J connectivity index is 2.00. The molecule has 0 aromatic carbocycles. The number of aliphatic hydroxyl groups is 1. The van der Waals surface area contributed by atoms with Crippen LogP contribution in [0.1, 0.15) is 46.8 Å². The van der Waals surface area contributed by atoms with E-state index in [2.05, 4.69) is 9.97 Å². The molecule has 3 heterocycles. The first-order valence-corrected chi connectivity index (χ1v) is 10.2. The van der Waals surface area contributed by atoms with Crippen molar-refractivity contribution in [3.63, 3.8) is 0 Å². The summed E-state index contributed by atoms with van der Waals surface area (Å²) >= 11 is 0.999. The summed E-state index contributed by atoms with van der Waals surface area (Å²) in [5.74, 6) is -0.851. The first-order chi connectivity index (χ1) is 13.2. The molecule has 1 saturated heterocycles. The summed E-state index contributed by atoms with van der Waals surface area (Å²) in [6, 6.07) is 0. The van der Waals surface area contributed by atoms with Crippen LogP contribution in [0, 0.1) is 11.8 Å². The van der Waals surface area contributed by atoms with Gasteiger partial charge < -0.3 is 20.3 Å². The highest BCUT2D eigenvalue weighted by molar-refractivity contribution is 7.16. The molecule has 2 aromatic rings. The maximum absolute atomic E-state index is 12.7. The lowest BCUT2D eigenvalue weighted by molar-refractivity contribution is -0.157. The molecule has 1 fully saturated rings. The van der Waals surface area contributed by atoms with Crippen molar-refractivity contribution in [3.05, 3.63) is 15.9 Å². The topological polar surface area (TPSA) is 130 Å². The van der Waals surface area contributed by atoms with E-state index in [0.717, 1.165) is 11.3 Å². The highest BCUT2D eigenvalue weighted by atomic mass is 32.1. The molecule has 3 rings (SSSR count). The quantitative estimate of drug-likeness (QED) is 0.688. The molecule has 0 unspecified atom stereocenters. The Morgan fingerprint density at radius 2 is 2.21 bits per heavy atom. The lowest BCUT2D eigenvalue weighted by Crippen LogP contribution is -2.33. The zero-order chi connectivity index (χ0) is 20.6. The number of nitrogens with two attached hydrogens (primary N) is 1. The maximum atomic E-state index is 12.7. The molecule has 2 aromatic heterocycles. The summed E-state index contributed by atoms with van der Waals surface area (Å²) in [4.78, 5) is 32.7. The maximum Gasteiger partial charge on any atom is 0.311 e. The van der Waals surface area contributed by atoms with Gasteiger partial charge in [0.05, 0.1) is 29.0 Å². The summed E-state index contributed by atoms with van der Waals surface area (Å²) in [6.07, 6.45) is 0.0914. The summed E-state index contributed by atoms with van der Waals surface area (Å²) < 4.78 is 13.7. The van der Waals surface area contributed by atoms with E-state index in [0.29, 0.717) is 23.2 Å². The molecule has 0 saturated carbocycles. The number of rotatable bonds is 6. The van der Waals surface area contributed by atoms with Gasteiger partial charge >= 0.3 is 10.8 Å². The van der Waals surface area contributed by atoms with Crippen LogP contribution in [-0.2, 0) is 14.3 Å². The molecular formula is C18H26N4O5S. The van der Waals surface area contributed by atoms with E-state index in [4.69, 9.17) is 15.2 Å². The van der Waals surface area contributed by atoms with E-state index < -0.39 is 24.5 Å². The monoisotopic (exact) mass is 410 g/mol. The third-order valence-corrected chi connectivity index (χ3v) is 5.92. The first kappa shape index (κ1) is 20.7. The molecule has 3 N–H and O–H groups in total. The number of esters is 1. The Morgan fingerprint density at radius 3 is 2.86 bits per heavy atom. The minimum Gasteiger partial charge on any atom is -0.462 e. The van der Waals surface area contributed by atoms with Crippen molar-refractivity contribution in [2.24, 2.45) is 11.8 Å². The van der Waals surface area contributed by atoms with Gasteiger partial charge in [0.25, 0.3) is 0 Å². The van der Waals surface area contributed by atoms with Gasteiger partial charge in [0.1, 0.15) is 12.3 Å². The molecule has 28 heavy (non-hydrogen) atoms. The number of carbonyl (C=O) groups is 1. The summed E-state index contributed by atoms with van der Waals surface area (Å²) in [7, 11) is 0. The molecular weight excluding hydrogens is 384 g/mol. The van der Waals surface area contributed by atoms with Crippen molar-refractivity contribution in [2.45, 2.75) is 65.1 Å². The average Bonchev–Trinajstić information content (AvgIpc) is 3.21. The Kier molecular flexibility index (Phi) is 6.01. The van der Waals surface area contributed by atoms with Crippen molar-refractivity contribution in [1.82, 2.24) is 14.5 Å². The molecule has 0 spiro atoms. The standard InChI is InChI=1S/C18H26N4O5S/c1-5-11(23)12-6-10(9(4)26-16(24)8(2)3)15(27-12)22-14-13(28-18(22)25)7-20-17(19)21-14/h7-12,15,23H,5-6H2,1-4H3,(H2,19,20,21)/t9-,10+,11+,12+,15-/m1/s1. The lowest BCUT2D eigenvalue weighted by atomic mass is 9.95. The second-order valence-electron chi connectivity index (χ2n) is 7.39. The molecule has 0 radical (unpaired) electrons. The molecule has 10 heteroatoms. The van der Waals surface area contributed by atoms with Crippen molar-refractivity contribution < 1.29 is 19.4 Å². The molecule has 9 nitrogen and oxygen atoms in total. The van der Waals surface area contributed by atoms with Crippen LogP contribution in [0.5, 0.6) is 0 Å². The number of thiazole rings is 1. The van der Waals surface area contributed by atoms with Crippen LogP contribution in [0.15, 0.2) is 11.0 Å². The fourth-order valence-electron chi connectivity index (χ4n) is 3.39. The summed E-state index contributed by atoms with van der Waals surface area (Å²) in [5, 5.41) is 10.3. The number of hydrogen-bond acceptors (Lipinski definition) is 9. The van der Waals surface area contributed by atoms with E-state index in [1.54, 1.807) is 20.8 Å². The highest BCUT2D eigenvalue weighted by Crippen LogP contribution is 2.40. The second-order valence-corrected chi connectivity index (χ2v) is 8.38. The van der Waals surface area contributed by atoms with E-state index >= 15 is 0 Å². The van der Waals surface area contributed by atoms with Crippen molar-refractivity contribution in [2.75, 3.05) is 5.73 Å². The number of nitrogens with zero attached hydrogens (tertiary/aromatic N) is 3. The molecule has 0 bridgehead atoms. The minimum absolute atomic E-state index is 0.0537. The van der Waals surface area contributed by atoms with Gasteiger partial charge in [0.15, 0.2) is 5.65 Å². The molecule has 5 atom stereocenters. The highest BCUT2D eigenvalue weighted by Gasteiger charge is 2.44. The molecule has 154 valence electrons. The van der Waals surface area contributed by atoms with Gasteiger partial charge in [-0.2, -0.15) is 4.98 Å². The number of hydrogen-bond donors (Lipinski definition) is 2. The number of aliphatic hydroxyl groups excluding tert-OH is 1. The molecule has 0 amide bonds. The van der Waals surface area contributed by atoms with Gasteiger partial charge in [-0.1, -0.05) is 32.1 Å². The van der Waals surface area contributed by atoms with Crippen molar-refractivity contribution >= 4 is 33.6 Å². The van der Waals surface area contributed by atoms with Crippen molar-refractivity contribution in [3.8, 4) is 0 Å². The molecule has 1 aliphatic heterocycles. The largest absolute Gasteiger partial charge is 0.462 e. The predicted molar refractivity (Wildman–Crippen MR) is 105 cm³/mol. The van der Waals surface area contributed by atoms with Crippen LogP contribution in [0.3, 0.4) is 0 Å². The Bertz CT molecular complexity index is 911. The van der Waals surface area contributed by atoms with E-state index in [9.17, 15) is 14.7 Å². The van der Waals surface area contributed by atoms with Gasteiger partial charge in [0, 0.05) is 5.92 Å². The SMILES string of the molecule is CC[C@H](O)[C@@H]1C[C@@H]([C@@H](C)OC(=O)C(C)C)[C@H](n2c(=O)sc3cnc(N)nc32)O1. The van der Waals surface area contributed by atoms with Crippen LogP contribution in [0.2, 0.25) is 0 Å². The van der Waals surface area contributed by atoms with Crippen LogP contribution in [0.4, 0.5) is 5.95 Å². The lowest BCUT2D eigenvalue weighted by Gasteiger charge is -2.25. The van der Waals surface area contributed by atoms with Gasteiger partial charge in [0.2, 0.25) is 5.95 Å². The number of fused-ring (bicyclic) bond motifs is 1. The normalized spacial score (nSPS) is 24.6. The average molecular weight is 410 g/mol. The zero-order valence-electron chi connectivity index (χ0n) is 16.4. The summed E-state index contributed by atoms with van der Waals surface area (Å²) in [6.45, 7) is 7.17. The Labute approximate surface area is 166 Å². The van der Waals surface area contributed by atoms with Crippen LogP contribution < -0.4 is 10.6 Å². The fourth-order valence-corrected chi connectivity index (χ4v) is 4.20. The van der Waals surface area contributed by atoms with Crippen LogP contribution >= 0.6 is 11.3 Å². The van der Waals surface area contributed by atoms with Gasteiger partial charge in [-0.05, 0) is 19.8 Å². The fraction of sp³-hybridized carbons (Fsp3) is 0.667. The second kappa shape index (κ2) is 8.14. The van der Waals surface area contributed by atoms with Gasteiger partial charge in [-0.3, -0.25) is 14.2 Å². The number of nitrogen functional groups attached to an aromatic ring is 1. The third-order valence-electron chi connectivity index (χ3n) is 5.04. The number of anilines is 1. The Hall–Kier alpha value is -2.04.